The Labute approximate surface area is 235 Å². The number of likely N-dealkylation sites (tertiary alicyclic amines) is 1. The molecule has 1 aromatic heterocycles. The third-order valence-corrected chi connectivity index (χ3v) is 7.38. The highest BCUT2D eigenvalue weighted by molar-refractivity contribution is 6.05. The van der Waals surface area contributed by atoms with Gasteiger partial charge in [-0.1, -0.05) is 19.2 Å². The average Bonchev–Trinajstić information content (AvgIpc) is 3.33. The van der Waals surface area contributed by atoms with Crippen molar-refractivity contribution in [1.82, 2.24) is 24.9 Å². The summed E-state index contributed by atoms with van der Waals surface area (Å²) in [5.41, 5.74) is 3.87. The molecule has 8 nitrogen and oxygen atoms in total. The fourth-order valence-corrected chi connectivity index (χ4v) is 5.19. The Hall–Kier alpha value is -4.40. The van der Waals surface area contributed by atoms with E-state index in [2.05, 4.69) is 47.6 Å². The largest absolute Gasteiger partial charge is 0.368 e. The fraction of sp³-hybridized carbons (Fsp3) is 0.323. The molecule has 2 aliphatic rings. The number of piperidine rings is 1. The number of allylic oxidation sites excluding steroid dienone is 5. The molecular formula is C31H37FN6O2. The first-order valence-corrected chi connectivity index (χ1v) is 13.4. The molecule has 0 spiro atoms. The lowest BCUT2D eigenvalue weighted by molar-refractivity contribution is -0.113. The number of anilines is 1. The zero-order valence-electron chi connectivity index (χ0n) is 23.6. The molecule has 40 heavy (non-hydrogen) atoms. The second-order valence-corrected chi connectivity index (χ2v) is 10.6. The maximum atomic E-state index is 14.7. The maximum Gasteiger partial charge on any atom is 0.272 e. The van der Waals surface area contributed by atoms with E-state index in [-0.39, 0.29) is 28.4 Å². The van der Waals surface area contributed by atoms with Gasteiger partial charge in [-0.2, -0.15) is 5.10 Å². The van der Waals surface area contributed by atoms with Gasteiger partial charge in [0.2, 0.25) is 0 Å². The number of aromatic nitrogens is 2. The molecule has 2 aliphatic heterocycles. The highest BCUT2D eigenvalue weighted by atomic mass is 19.1. The van der Waals surface area contributed by atoms with E-state index in [1.165, 1.54) is 18.2 Å². The minimum atomic E-state index is -0.641. The molecule has 0 aliphatic carbocycles. The number of carbonyl (C=O) groups excluding carboxylic acids is 2. The standard InChI is InChI=1S/C31H37FN6O2/c1-7-27(37-17-13-23(19-22(37)3)28-12-15-34-36(28)6)30(40)35-26-20-24(10-11-25(26)32)29(39)33-16-18-38-21(2)9-8-14-31(38,4)5/h7,10-13,15,17,19-20H,2-3,8-9,14,16,18H2,1,4-6H3,(H,33,39)(H,35,40)/b27-7-. The van der Waals surface area contributed by atoms with Gasteiger partial charge in [0.1, 0.15) is 11.5 Å². The number of rotatable bonds is 8. The van der Waals surface area contributed by atoms with Crippen molar-refractivity contribution >= 4 is 23.1 Å². The minimum Gasteiger partial charge on any atom is -0.368 e. The van der Waals surface area contributed by atoms with E-state index in [1.54, 1.807) is 35.0 Å². The molecule has 0 unspecified atom stereocenters. The summed E-state index contributed by atoms with van der Waals surface area (Å²) in [7, 11) is 1.85. The van der Waals surface area contributed by atoms with Crippen molar-refractivity contribution in [2.24, 2.45) is 7.05 Å². The molecule has 2 N–H and O–H groups in total. The first-order chi connectivity index (χ1) is 19.0. The molecular weight excluding hydrogens is 507 g/mol. The van der Waals surface area contributed by atoms with Crippen molar-refractivity contribution in [3.05, 3.63) is 102 Å². The van der Waals surface area contributed by atoms with Gasteiger partial charge < -0.3 is 20.4 Å². The summed E-state index contributed by atoms with van der Waals surface area (Å²) in [4.78, 5) is 29.9. The Kier molecular flexibility index (Phi) is 8.42. The van der Waals surface area contributed by atoms with Crippen LogP contribution in [-0.2, 0) is 11.8 Å². The first kappa shape index (κ1) is 28.6. The van der Waals surface area contributed by atoms with Crippen LogP contribution in [0.25, 0.3) is 5.57 Å². The van der Waals surface area contributed by atoms with Crippen LogP contribution in [-0.4, -0.2) is 50.0 Å². The predicted molar refractivity (Wildman–Crippen MR) is 156 cm³/mol. The normalized spacial score (nSPS) is 17.1. The van der Waals surface area contributed by atoms with Crippen LogP contribution >= 0.6 is 0 Å². The van der Waals surface area contributed by atoms with Gasteiger partial charge >= 0.3 is 0 Å². The van der Waals surface area contributed by atoms with Crippen LogP contribution in [0, 0.1) is 5.82 Å². The van der Waals surface area contributed by atoms with Crippen LogP contribution in [0.1, 0.15) is 56.1 Å². The molecule has 0 radical (unpaired) electrons. The molecule has 2 amide bonds. The lowest BCUT2D eigenvalue weighted by Gasteiger charge is -2.45. The number of amides is 2. The summed E-state index contributed by atoms with van der Waals surface area (Å²) >= 11 is 0. The Morgan fingerprint density at radius 1 is 1.23 bits per heavy atom. The van der Waals surface area contributed by atoms with Crippen LogP contribution in [0.4, 0.5) is 10.1 Å². The molecule has 1 saturated heterocycles. The molecule has 0 saturated carbocycles. The van der Waals surface area contributed by atoms with Crippen LogP contribution in [0.2, 0.25) is 0 Å². The number of carbonyl (C=O) groups is 2. The lowest BCUT2D eigenvalue weighted by Crippen LogP contribution is -2.48. The summed E-state index contributed by atoms with van der Waals surface area (Å²) in [6, 6.07) is 5.82. The van der Waals surface area contributed by atoms with Gasteiger partial charge in [-0.3, -0.25) is 14.3 Å². The Bertz CT molecular complexity index is 1430. The second-order valence-electron chi connectivity index (χ2n) is 10.6. The molecule has 4 rings (SSSR count). The number of hydrogen-bond donors (Lipinski definition) is 2. The van der Waals surface area contributed by atoms with Crippen molar-refractivity contribution in [3.63, 3.8) is 0 Å². The number of benzene rings is 1. The lowest BCUT2D eigenvalue weighted by atomic mass is 9.89. The predicted octanol–water partition coefficient (Wildman–Crippen LogP) is 5.34. The zero-order valence-corrected chi connectivity index (χ0v) is 23.6. The monoisotopic (exact) mass is 544 g/mol. The summed E-state index contributed by atoms with van der Waals surface area (Å²) in [5, 5.41) is 9.71. The van der Waals surface area contributed by atoms with Gasteiger partial charge in [-0.15, -0.1) is 0 Å². The summed E-state index contributed by atoms with van der Waals surface area (Å²) in [6.45, 7) is 15.4. The van der Waals surface area contributed by atoms with E-state index in [0.29, 0.717) is 18.8 Å². The number of nitrogens with one attached hydrogen (secondary N) is 2. The number of aryl methyl sites for hydroxylation is 1. The van der Waals surface area contributed by atoms with Crippen molar-refractivity contribution in [2.75, 3.05) is 18.4 Å². The van der Waals surface area contributed by atoms with Crippen LogP contribution in [0.15, 0.2) is 85.1 Å². The van der Waals surface area contributed by atoms with Crippen LogP contribution in [0.5, 0.6) is 0 Å². The third kappa shape index (κ3) is 6.09. The smallest absolute Gasteiger partial charge is 0.272 e. The minimum absolute atomic E-state index is 0.0113. The van der Waals surface area contributed by atoms with E-state index in [9.17, 15) is 14.0 Å². The summed E-state index contributed by atoms with van der Waals surface area (Å²) in [5.74, 6) is -1.52. The second kappa shape index (κ2) is 11.8. The zero-order chi connectivity index (χ0) is 29.0. The molecule has 9 heteroatoms. The highest BCUT2D eigenvalue weighted by Gasteiger charge is 2.30. The molecule has 1 aromatic carbocycles. The van der Waals surface area contributed by atoms with Gasteiger partial charge in [0.25, 0.3) is 11.8 Å². The molecule has 3 heterocycles. The van der Waals surface area contributed by atoms with E-state index < -0.39 is 11.7 Å². The maximum absolute atomic E-state index is 14.7. The van der Waals surface area contributed by atoms with Gasteiger partial charge in [0.05, 0.1) is 11.4 Å². The molecule has 1 fully saturated rings. The molecule has 0 bridgehead atoms. The molecule has 210 valence electrons. The van der Waals surface area contributed by atoms with E-state index in [4.69, 9.17) is 0 Å². The van der Waals surface area contributed by atoms with Crippen molar-refractivity contribution in [3.8, 4) is 0 Å². The SMILES string of the molecule is C=C1C=C(c2ccnn2C)C=CN1/C(=C\C)C(=O)Nc1cc(C(=O)NCCN2C(=C)CCCC2(C)C)ccc1F. The van der Waals surface area contributed by atoms with Gasteiger partial charge in [0, 0.05) is 60.6 Å². The van der Waals surface area contributed by atoms with Crippen LogP contribution < -0.4 is 10.6 Å². The van der Waals surface area contributed by atoms with Crippen molar-refractivity contribution in [2.45, 2.75) is 45.6 Å². The Balaban J connectivity index is 1.40. The van der Waals surface area contributed by atoms with E-state index in [1.807, 2.05) is 25.3 Å². The van der Waals surface area contributed by atoms with Crippen molar-refractivity contribution < 1.29 is 14.0 Å². The van der Waals surface area contributed by atoms with E-state index in [0.717, 1.165) is 36.2 Å². The Morgan fingerprint density at radius 2 is 2.00 bits per heavy atom. The average molecular weight is 545 g/mol. The molecule has 2 aromatic rings. The topological polar surface area (TPSA) is 82.5 Å². The molecule has 0 atom stereocenters. The number of hydrogen-bond acceptors (Lipinski definition) is 5. The fourth-order valence-electron chi connectivity index (χ4n) is 5.19. The first-order valence-electron chi connectivity index (χ1n) is 13.4. The summed E-state index contributed by atoms with van der Waals surface area (Å²) < 4.78 is 16.5. The van der Waals surface area contributed by atoms with Crippen LogP contribution in [0.3, 0.4) is 0 Å². The van der Waals surface area contributed by atoms with E-state index >= 15 is 0 Å². The third-order valence-electron chi connectivity index (χ3n) is 7.38. The summed E-state index contributed by atoms with van der Waals surface area (Å²) in [6.07, 6.45) is 11.9. The number of nitrogens with zero attached hydrogens (tertiary/aromatic N) is 4. The van der Waals surface area contributed by atoms with Gasteiger partial charge in [-0.25, -0.2) is 4.39 Å². The van der Waals surface area contributed by atoms with Crippen molar-refractivity contribution in [1.29, 1.82) is 0 Å². The quantitative estimate of drug-likeness (QED) is 0.439. The van der Waals surface area contributed by atoms with Gasteiger partial charge in [0.15, 0.2) is 0 Å². The van der Waals surface area contributed by atoms with Gasteiger partial charge in [-0.05, 0) is 76.5 Å². The Morgan fingerprint density at radius 3 is 2.65 bits per heavy atom. The number of halogens is 1. The highest BCUT2D eigenvalue weighted by Crippen LogP contribution is 2.32.